The van der Waals surface area contributed by atoms with E-state index in [9.17, 15) is 14.3 Å². The second-order valence-corrected chi connectivity index (χ2v) is 9.70. The molecule has 4 aromatic heterocycles. The van der Waals surface area contributed by atoms with Gasteiger partial charge in [-0.15, -0.1) is 11.3 Å². The van der Waals surface area contributed by atoms with Gasteiger partial charge in [-0.05, 0) is 47.4 Å². The number of hydrogen-bond acceptors (Lipinski definition) is 3. The number of benzene rings is 2. The smallest absolute Gasteiger partial charge is 0.352 e. The van der Waals surface area contributed by atoms with E-state index in [-0.39, 0.29) is 11.6 Å². The minimum atomic E-state index is -1.07. The van der Waals surface area contributed by atoms with Crippen molar-refractivity contribution in [2.45, 2.75) is 19.8 Å². The molecular weight excluding hydrogens is 463 g/mol. The number of carboxylic acids is 1. The molecule has 0 unspecified atom stereocenters. The molecule has 2 aromatic carbocycles. The van der Waals surface area contributed by atoms with Crippen LogP contribution in [0.2, 0.25) is 0 Å². The zero-order valence-corrected chi connectivity index (χ0v) is 19.8. The highest BCUT2D eigenvalue weighted by Gasteiger charge is 2.28. The lowest BCUT2D eigenvalue weighted by molar-refractivity contribution is 0.0692. The Kier molecular flexibility index (Phi) is 4.86. The first-order valence-corrected chi connectivity index (χ1v) is 12.1. The molecule has 6 aromatic rings. The number of aromatic amines is 3. The van der Waals surface area contributed by atoms with Crippen LogP contribution in [0.5, 0.6) is 0 Å². The normalized spacial score (nSPS) is 11.8. The zero-order chi connectivity index (χ0) is 24.3. The minimum absolute atomic E-state index is 0.0331. The Hall–Kier alpha value is -4.17. The number of halogens is 1. The molecule has 0 saturated heterocycles. The Morgan fingerprint density at radius 1 is 1.06 bits per heavy atom. The summed E-state index contributed by atoms with van der Waals surface area (Å²) in [6.45, 7) is 4.04. The van der Waals surface area contributed by atoms with Crippen LogP contribution in [0.3, 0.4) is 0 Å². The van der Waals surface area contributed by atoms with Crippen LogP contribution in [0.25, 0.3) is 54.9 Å². The van der Waals surface area contributed by atoms with Crippen LogP contribution in [0, 0.1) is 5.82 Å². The van der Waals surface area contributed by atoms with E-state index in [2.05, 4.69) is 19.9 Å². The number of rotatable bonds is 5. The number of aromatic nitrogens is 4. The summed E-state index contributed by atoms with van der Waals surface area (Å²) >= 11 is 1.53. The van der Waals surface area contributed by atoms with Crippen LogP contribution in [-0.4, -0.2) is 31.0 Å². The van der Waals surface area contributed by atoms with Crippen LogP contribution in [0.4, 0.5) is 4.39 Å². The molecule has 0 amide bonds. The van der Waals surface area contributed by atoms with Gasteiger partial charge in [0.05, 0.1) is 11.4 Å². The second-order valence-electron chi connectivity index (χ2n) is 8.80. The van der Waals surface area contributed by atoms with E-state index in [0.29, 0.717) is 22.3 Å². The Morgan fingerprint density at radius 3 is 2.66 bits per heavy atom. The molecule has 0 fully saturated rings. The molecular formula is C27H21FN4O2S. The van der Waals surface area contributed by atoms with Gasteiger partial charge in [-0.1, -0.05) is 26.0 Å². The Morgan fingerprint density at radius 2 is 1.91 bits per heavy atom. The third kappa shape index (κ3) is 3.37. The zero-order valence-electron chi connectivity index (χ0n) is 18.9. The van der Waals surface area contributed by atoms with Crippen molar-refractivity contribution in [2.75, 3.05) is 0 Å². The molecule has 6 nitrogen and oxygen atoms in total. The topological polar surface area (TPSA) is 97.6 Å². The van der Waals surface area contributed by atoms with Crippen molar-refractivity contribution in [1.29, 1.82) is 0 Å². The fraction of sp³-hybridized carbons (Fsp3) is 0.111. The highest BCUT2D eigenvalue weighted by atomic mass is 32.1. The van der Waals surface area contributed by atoms with Gasteiger partial charge in [-0.25, -0.2) is 14.2 Å². The first kappa shape index (κ1) is 21.4. The molecule has 0 radical (unpaired) electrons. The second kappa shape index (κ2) is 7.95. The van der Waals surface area contributed by atoms with Crippen LogP contribution >= 0.6 is 11.3 Å². The lowest BCUT2D eigenvalue weighted by Crippen LogP contribution is -2.00. The van der Waals surface area contributed by atoms with E-state index in [1.807, 2.05) is 49.6 Å². The maximum atomic E-state index is 14.6. The summed E-state index contributed by atoms with van der Waals surface area (Å²) in [6.07, 6.45) is 3.51. The lowest BCUT2D eigenvalue weighted by Gasteiger charge is -2.13. The molecule has 0 aliphatic carbocycles. The van der Waals surface area contributed by atoms with Gasteiger partial charge < -0.3 is 20.1 Å². The van der Waals surface area contributed by atoms with E-state index in [1.165, 1.54) is 23.5 Å². The van der Waals surface area contributed by atoms with Gasteiger partial charge in [0.2, 0.25) is 0 Å². The first-order chi connectivity index (χ1) is 16.9. The summed E-state index contributed by atoms with van der Waals surface area (Å²) in [4.78, 5) is 26.5. The number of thiazole rings is 1. The highest BCUT2D eigenvalue weighted by molar-refractivity contribution is 7.13. The van der Waals surface area contributed by atoms with E-state index in [4.69, 9.17) is 0 Å². The highest BCUT2D eigenvalue weighted by Crippen LogP contribution is 2.44. The third-order valence-electron chi connectivity index (χ3n) is 6.33. The van der Waals surface area contributed by atoms with E-state index in [0.717, 1.165) is 38.1 Å². The van der Waals surface area contributed by atoms with E-state index >= 15 is 0 Å². The Bertz CT molecular complexity index is 1720. The number of H-pyrrole nitrogens is 3. The van der Waals surface area contributed by atoms with Gasteiger partial charge in [-0.3, -0.25) is 0 Å². The SMILES string of the molecule is CC(C)c1c(-c2cc(F)cc3[nH]ccc23)[nH]c(C(=O)O)c1-c1cccc2[nH]c(-c3nccs3)cc12. The summed E-state index contributed by atoms with van der Waals surface area (Å²) in [7, 11) is 0. The number of carbonyl (C=O) groups is 1. The lowest BCUT2D eigenvalue weighted by atomic mass is 9.89. The molecule has 0 saturated carbocycles. The van der Waals surface area contributed by atoms with Gasteiger partial charge in [0.15, 0.2) is 0 Å². The number of hydrogen-bond donors (Lipinski definition) is 4. The predicted molar refractivity (Wildman–Crippen MR) is 137 cm³/mol. The maximum Gasteiger partial charge on any atom is 0.352 e. The number of nitrogens with one attached hydrogen (secondary N) is 3. The van der Waals surface area contributed by atoms with Crippen molar-refractivity contribution in [3.63, 3.8) is 0 Å². The fourth-order valence-corrected chi connectivity index (χ4v) is 5.54. The predicted octanol–water partition coefficient (Wildman–Crippen LogP) is 7.40. The van der Waals surface area contributed by atoms with Gasteiger partial charge in [-0.2, -0.15) is 0 Å². The number of nitrogens with zero attached hydrogens (tertiary/aromatic N) is 1. The molecule has 174 valence electrons. The summed E-state index contributed by atoms with van der Waals surface area (Å²) in [5.74, 6) is -1.49. The first-order valence-electron chi connectivity index (χ1n) is 11.2. The molecule has 4 N–H and O–H groups in total. The van der Waals surface area contributed by atoms with Gasteiger partial charge in [0.1, 0.15) is 16.5 Å². The molecule has 35 heavy (non-hydrogen) atoms. The third-order valence-corrected chi connectivity index (χ3v) is 7.14. The average Bonchev–Trinajstić information content (AvgIpc) is 3.62. The number of aromatic carboxylic acids is 1. The monoisotopic (exact) mass is 484 g/mol. The number of carboxylic acid groups (broad SMARTS) is 1. The van der Waals surface area contributed by atoms with Crippen LogP contribution in [-0.2, 0) is 0 Å². The largest absolute Gasteiger partial charge is 0.477 e. The van der Waals surface area contributed by atoms with Gasteiger partial charge >= 0.3 is 5.97 Å². The Labute approximate surface area is 203 Å². The molecule has 6 rings (SSSR count). The maximum absolute atomic E-state index is 14.6. The molecule has 0 aliphatic rings. The van der Waals surface area contributed by atoms with Crippen LogP contribution in [0.1, 0.15) is 35.8 Å². The van der Waals surface area contributed by atoms with E-state index in [1.54, 1.807) is 12.4 Å². The summed E-state index contributed by atoms with van der Waals surface area (Å²) in [6, 6.07) is 12.6. The Balaban J connectivity index is 1.68. The molecule has 0 aliphatic heterocycles. The number of fused-ring (bicyclic) bond motifs is 2. The minimum Gasteiger partial charge on any atom is -0.477 e. The van der Waals surface area contributed by atoms with Crippen molar-refractivity contribution in [1.82, 2.24) is 19.9 Å². The molecule has 0 spiro atoms. The fourth-order valence-electron chi connectivity index (χ4n) is 4.93. The summed E-state index contributed by atoms with van der Waals surface area (Å²) in [5, 5.41) is 14.7. The average molecular weight is 485 g/mol. The van der Waals surface area contributed by atoms with Crippen LogP contribution < -0.4 is 0 Å². The summed E-state index contributed by atoms with van der Waals surface area (Å²) in [5.41, 5.74) is 6.00. The van der Waals surface area contributed by atoms with E-state index < -0.39 is 11.8 Å². The van der Waals surface area contributed by atoms with Gasteiger partial charge in [0.25, 0.3) is 0 Å². The van der Waals surface area contributed by atoms with Crippen molar-refractivity contribution in [2.24, 2.45) is 0 Å². The van der Waals surface area contributed by atoms with Gasteiger partial charge in [0, 0.05) is 50.7 Å². The van der Waals surface area contributed by atoms with Crippen molar-refractivity contribution >= 4 is 39.1 Å². The molecule has 0 bridgehead atoms. The van der Waals surface area contributed by atoms with Crippen LogP contribution in [0.15, 0.2) is 60.2 Å². The summed E-state index contributed by atoms with van der Waals surface area (Å²) < 4.78 is 14.6. The quantitative estimate of drug-likeness (QED) is 0.205. The van der Waals surface area contributed by atoms with Crippen molar-refractivity contribution in [3.05, 3.63) is 77.3 Å². The molecule has 8 heteroatoms. The van der Waals surface area contributed by atoms with Crippen molar-refractivity contribution < 1.29 is 14.3 Å². The van der Waals surface area contributed by atoms with Crippen molar-refractivity contribution in [3.8, 4) is 33.1 Å². The standard InChI is InChI=1S/C27H21FN4O2S/c1-13(2)22-23(16-4-3-5-19-17(16)12-21(31-19)26-30-8-9-35-26)25(27(33)34)32-24(22)18-10-14(28)11-20-15(18)6-7-29-20/h3-13,29,31-32H,1-2H3,(H,33,34). The molecule has 0 atom stereocenters. The molecule has 4 heterocycles.